The fourth-order valence-corrected chi connectivity index (χ4v) is 2.15. The molecular formula is C12H11ClN2O4. The Balaban J connectivity index is 2.64. The van der Waals surface area contributed by atoms with Crippen LogP contribution in [0.5, 0.6) is 11.5 Å². The Labute approximate surface area is 113 Å². The third-order valence-corrected chi connectivity index (χ3v) is 2.96. The number of carbonyl (C=O) groups is 1. The van der Waals surface area contributed by atoms with E-state index < -0.39 is 5.97 Å². The summed E-state index contributed by atoms with van der Waals surface area (Å²) in [6.07, 6.45) is 0. The van der Waals surface area contributed by atoms with Crippen LogP contribution >= 0.6 is 11.6 Å². The lowest BCUT2D eigenvalue weighted by Crippen LogP contribution is -1.95. The second kappa shape index (κ2) is 4.81. The predicted octanol–water partition coefficient (Wildman–Crippen LogP) is 2.45. The summed E-state index contributed by atoms with van der Waals surface area (Å²) in [7, 11) is 1.38. The van der Waals surface area contributed by atoms with E-state index in [0.29, 0.717) is 16.8 Å². The molecule has 0 radical (unpaired) electrons. The Morgan fingerprint density at radius 1 is 1.47 bits per heavy atom. The normalized spacial score (nSPS) is 10.5. The lowest BCUT2D eigenvalue weighted by Gasteiger charge is -2.11. The van der Waals surface area contributed by atoms with E-state index in [9.17, 15) is 9.90 Å². The zero-order valence-electron chi connectivity index (χ0n) is 10.2. The highest BCUT2D eigenvalue weighted by atomic mass is 35.5. The van der Waals surface area contributed by atoms with Gasteiger partial charge in [-0.3, -0.25) is 5.10 Å². The second-order valence-corrected chi connectivity index (χ2v) is 4.31. The number of nitrogens with zero attached hydrogens (tertiary/aromatic N) is 1. The average Bonchev–Trinajstić information content (AvgIpc) is 2.78. The maximum Gasteiger partial charge on any atom is 0.353 e. The number of benzene rings is 1. The number of hydrogen-bond donors (Lipinski definition) is 3. The first kappa shape index (κ1) is 13.2. The molecule has 0 aliphatic carbocycles. The highest BCUT2D eigenvalue weighted by Gasteiger charge is 2.20. The summed E-state index contributed by atoms with van der Waals surface area (Å²) < 4.78 is 5.01. The minimum Gasteiger partial charge on any atom is -0.504 e. The Morgan fingerprint density at radius 3 is 2.68 bits per heavy atom. The van der Waals surface area contributed by atoms with Gasteiger partial charge in [-0.1, -0.05) is 11.6 Å². The number of carboxylic acids is 1. The highest BCUT2D eigenvalue weighted by molar-refractivity contribution is 6.32. The summed E-state index contributed by atoms with van der Waals surface area (Å²) in [5.41, 5.74) is 1.28. The number of H-pyrrole nitrogens is 1. The number of phenolic OH excluding ortho intramolecular Hbond substituents is 1. The number of aromatic nitrogens is 2. The standard InChI is InChI=1S/C12H11ClN2O4/c1-5-3-6(13)11(19-2)10(16)9(5)7-4-8(12(17)18)15-14-7/h3-4,16H,1-2H3,(H,14,15)(H,17,18). The van der Waals surface area contributed by atoms with Crippen LogP contribution < -0.4 is 4.74 Å². The first-order valence-corrected chi connectivity index (χ1v) is 5.68. The van der Waals surface area contributed by atoms with Crippen LogP contribution in [0.2, 0.25) is 5.02 Å². The fourth-order valence-electron chi connectivity index (χ4n) is 1.82. The van der Waals surface area contributed by atoms with E-state index in [1.54, 1.807) is 13.0 Å². The number of halogens is 1. The van der Waals surface area contributed by atoms with Gasteiger partial charge in [-0.05, 0) is 24.6 Å². The third kappa shape index (κ3) is 2.22. The van der Waals surface area contributed by atoms with Gasteiger partial charge in [-0.15, -0.1) is 0 Å². The zero-order valence-corrected chi connectivity index (χ0v) is 10.9. The van der Waals surface area contributed by atoms with Gasteiger partial charge >= 0.3 is 5.97 Å². The van der Waals surface area contributed by atoms with E-state index in [1.807, 2.05) is 0 Å². The Kier molecular flexibility index (Phi) is 3.35. The number of rotatable bonds is 3. The molecule has 1 aromatic carbocycles. The molecule has 3 N–H and O–H groups in total. The molecule has 0 aliphatic rings. The molecule has 7 heteroatoms. The number of hydrogen-bond acceptors (Lipinski definition) is 4. The molecule has 100 valence electrons. The minimum atomic E-state index is -1.13. The summed E-state index contributed by atoms with van der Waals surface area (Å²) in [5.74, 6) is -1.17. The summed E-state index contributed by atoms with van der Waals surface area (Å²) in [4.78, 5) is 10.8. The number of methoxy groups -OCH3 is 1. The van der Waals surface area contributed by atoms with Crippen LogP contribution in [-0.4, -0.2) is 33.5 Å². The van der Waals surface area contributed by atoms with Crippen molar-refractivity contribution in [3.8, 4) is 22.8 Å². The van der Waals surface area contributed by atoms with Gasteiger partial charge in [-0.25, -0.2) is 4.79 Å². The Morgan fingerprint density at radius 2 is 2.16 bits per heavy atom. The van der Waals surface area contributed by atoms with Gasteiger partial charge in [0.25, 0.3) is 0 Å². The first-order valence-electron chi connectivity index (χ1n) is 5.30. The molecule has 0 aliphatic heterocycles. The lowest BCUT2D eigenvalue weighted by atomic mass is 10.0. The van der Waals surface area contributed by atoms with Crippen molar-refractivity contribution < 1.29 is 19.7 Å². The van der Waals surface area contributed by atoms with Crippen molar-refractivity contribution in [2.45, 2.75) is 6.92 Å². The van der Waals surface area contributed by atoms with Crippen molar-refractivity contribution in [3.63, 3.8) is 0 Å². The SMILES string of the molecule is COc1c(Cl)cc(C)c(-c2cc(C(=O)O)[nH]n2)c1O. The van der Waals surface area contributed by atoms with Gasteiger partial charge < -0.3 is 14.9 Å². The molecule has 0 unspecified atom stereocenters. The van der Waals surface area contributed by atoms with Crippen LogP contribution in [0.15, 0.2) is 12.1 Å². The summed E-state index contributed by atoms with van der Waals surface area (Å²) in [6, 6.07) is 2.95. The molecule has 0 saturated carbocycles. The molecule has 2 rings (SSSR count). The number of nitrogens with one attached hydrogen (secondary N) is 1. The number of phenols is 1. The molecule has 2 aromatic rings. The lowest BCUT2D eigenvalue weighted by molar-refractivity contribution is 0.0690. The molecule has 0 amide bonds. The van der Waals surface area contributed by atoms with Crippen LogP contribution in [0.3, 0.4) is 0 Å². The van der Waals surface area contributed by atoms with Crippen molar-refractivity contribution >= 4 is 17.6 Å². The Bertz CT molecular complexity index is 651. The van der Waals surface area contributed by atoms with Gasteiger partial charge in [0.05, 0.1) is 23.4 Å². The molecule has 19 heavy (non-hydrogen) atoms. The number of aromatic hydroxyl groups is 1. The maximum absolute atomic E-state index is 10.8. The maximum atomic E-state index is 10.8. The van der Waals surface area contributed by atoms with Crippen molar-refractivity contribution in [3.05, 3.63) is 28.4 Å². The number of carboxylic acid groups (broad SMARTS) is 1. The molecule has 0 spiro atoms. The average molecular weight is 283 g/mol. The third-order valence-electron chi connectivity index (χ3n) is 2.67. The van der Waals surface area contributed by atoms with Gasteiger partial charge in [0, 0.05) is 0 Å². The molecule has 1 aromatic heterocycles. The van der Waals surface area contributed by atoms with Crippen LogP contribution in [-0.2, 0) is 0 Å². The molecule has 0 bridgehead atoms. The summed E-state index contributed by atoms with van der Waals surface area (Å²) >= 11 is 5.94. The molecule has 6 nitrogen and oxygen atoms in total. The molecule has 0 fully saturated rings. The van der Waals surface area contributed by atoms with E-state index in [2.05, 4.69) is 10.2 Å². The van der Waals surface area contributed by atoms with Gasteiger partial charge in [-0.2, -0.15) is 5.10 Å². The molecule has 1 heterocycles. The molecule has 0 atom stereocenters. The van der Waals surface area contributed by atoms with Gasteiger partial charge in [0.2, 0.25) is 0 Å². The predicted molar refractivity (Wildman–Crippen MR) is 68.9 cm³/mol. The van der Waals surface area contributed by atoms with Crippen LogP contribution in [0.25, 0.3) is 11.3 Å². The van der Waals surface area contributed by atoms with Crippen molar-refractivity contribution in [2.24, 2.45) is 0 Å². The van der Waals surface area contributed by atoms with Gasteiger partial charge in [0.15, 0.2) is 11.5 Å². The number of aromatic amines is 1. The molecule has 0 saturated heterocycles. The fraction of sp³-hybridized carbons (Fsp3) is 0.167. The van der Waals surface area contributed by atoms with Crippen molar-refractivity contribution in [2.75, 3.05) is 7.11 Å². The second-order valence-electron chi connectivity index (χ2n) is 3.90. The van der Waals surface area contributed by atoms with E-state index in [1.165, 1.54) is 13.2 Å². The van der Waals surface area contributed by atoms with Crippen molar-refractivity contribution in [1.82, 2.24) is 10.2 Å². The topological polar surface area (TPSA) is 95.4 Å². The minimum absolute atomic E-state index is 0.0669. The number of aryl methyl sites for hydroxylation is 1. The van der Waals surface area contributed by atoms with Crippen molar-refractivity contribution in [1.29, 1.82) is 0 Å². The highest BCUT2D eigenvalue weighted by Crippen LogP contribution is 2.43. The van der Waals surface area contributed by atoms with Crippen LogP contribution in [0, 0.1) is 6.92 Å². The summed E-state index contributed by atoms with van der Waals surface area (Å²) in [5, 5.41) is 25.5. The number of aromatic carboxylic acids is 1. The van der Waals surface area contributed by atoms with Crippen LogP contribution in [0.1, 0.15) is 16.1 Å². The van der Waals surface area contributed by atoms with Crippen LogP contribution in [0.4, 0.5) is 0 Å². The monoisotopic (exact) mass is 282 g/mol. The number of ether oxygens (including phenoxy) is 1. The van der Waals surface area contributed by atoms with E-state index >= 15 is 0 Å². The Hall–Kier alpha value is -2.21. The van der Waals surface area contributed by atoms with E-state index in [-0.39, 0.29) is 22.2 Å². The smallest absolute Gasteiger partial charge is 0.353 e. The van der Waals surface area contributed by atoms with Gasteiger partial charge in [0.1, 0.15) is 5.69 Å². The largest absolute Gasteiger partial charge is 0.504 e. The quantitative estimate of drug-likeness (QED) is 0.803. The van der Waals surface area contributed by atoms with E-state index in [4.69, 9.17) is 21.4 Å². The zero-order chi connectivity index (χ0) is 14.2. The summed E-state index contributed by atoms with van der Waals surface area (Å²) in [6.45, 7) is 1.73. The van der Waals surface area contributed by atoms with E-state index in [0.717, 1.165) is 0 Å². The molecular weight excluding hydrogens is 272 g/mol. The first-order chi connectivity index (χ1) is 8.95.